The van der Waals surface area contributed by atoms with Crippen LogP contribution in [0.3, 0.4) is 0 Å². The van der Waals surface area contributed by atoms with E-state index in [0.717, 1.165) is 13.1 Å². The average Bonchev–Trinajstić information content (AvgIpc) is 3.21. The van der Waals surface area contributed by atoms with E-state index >= 15 is 4.39 Å². The Balaban J connectivity index is 1.90. The van der Waals surface area contributed by atoms with Gasteiger partial charge < -0.3 is 19.2 Å². The fourth-order valence-electron chi connectivity index (χ4n) is 5.64. The van der Waals surface area contributed by atoms with E-state index in [1.54, 1.807) is 18.2 Å². The van der Waals surface area contributed by atoms with E-state index in [2.05, 4.69) is 41.7 Å². The van der Waals surface area contributed by atoms with Crippen molar-refractivity contribution in [3.05, 3.63) is 45.9 Å². The Morgan fingerprint density at radius 3 is 2.38 bits per heavy atom. The summed E-state index contributed by atoms with van der Waals surface area (Å²) in [6, 6.07) is 9.72. The van der Waals surface area contributed by atoms with Crippen molar-refractivity contribution in [3.63, 3.8) is 0 Å². The van der Waals surface area contributed by atoms with Gasteiger partial charge in [-0.1, -0.05) is 6.07 Å². The van der Waals surface area contributed by atoms with E-state index in [9.17, 15) is 10.1 Å². The molecule has 4 aromatic rings. The molecule has 8 heteroatoms. The van der Waals surface area contributed by atoms with E-state index in [0.29, 0.717) is 38.7 Å². The quantitative estimate of drug-likeness (QED) is 0.396. The van der Waals surface area contributed by atoms with Gasteiger partial charge in [-0.3, -0.25) is 9.69 Å². The van der Waals surface area contributed by atoms with Crippen molar-refractivity contribution in [2.24, 2.45) is 0 Å². The van der Waals surface area contributed by atoms with Gasteiger partial charge in [-0.15, -0.1) is 0 Å². The lowest BCUT2D eigenvalue weighted by molar-refractivity contribution is 0.168. The third kappa shape index (κ3) is 3.93. The number of nitriles is 1. The molecule has 0 bridgehead atoms. The summed E-state index contributed by atoms with van der Waals surface area (Å²) >= 11 is 0. The maximum Gasteiger partial charge on any atom is 0.202 e. The molecule has 2 atom stereocenters. The van der Waals surface area contributed by atoms with Gasteiger partial charge in [0.1, 0.15) is 5.65 Å². The number of piperazine rings is 1. The highest BCUT2D eigenvalue weighted by molar-refractivity contribution is 6.10. The average molecular weight is 504 g/mol. The number of hydrogen-bond acceptors (Lipinski definition) is 5. The molecular formula is C29H34FN5O2. The molecule has 0 unspecified atom stereocenters. The van der Waals surface area contributed by atoms with Crippen molar-refractivity contribution in [1.29, 1.82) is 5.26 Å². The topological polar surface area (TPSA) is 77.3 Å². The molecule has 2 aromatic carbocycles. The van der Waals surface area contributed by atoms with E-state index in [4.69, 9.17) is 4.74 Å². The lowest BCUT2D eigenvalue weighted by Gasteiger charge is -2.44. The molecule has 1 saturated heterocycles. The number of benzene rings is 2. The van der Waals surface area contributed by atoms with Crippen molar-refractivity contribution in [1.82, 2.24) is 14.5 Å². The standard InChI is InChI=1S/C29H34FN5O2/c1-15(2)35-22-11-23(34-13-17(5)33(7)18(6)14-34)28(37-16(3)4)26(30)25(22)27(36)24-20-9-8-19(12-31)10-21(20)32-29(24)35/h8-11,15-18,32H,13-14H2,1-7H3/t17-,18+. The number of pyridine rings is 1. The Kier molecular flexibility index (Phi) is 6.15. The van der Waals surface area contributed by atoms with Gasteiger partial charge in [0.2, 0.25) is 5.43 Å². The summed E-state index contributed by atoms with van der Waals surface area (Å²) in [5, 5.41) is 10.5. The summed E-state index contributed by atoms with van der Waals surface area (Å²) in [5.74, 6) is -0.491. The monoisotopic (exact) mass is 503 g/mol. The number of aromatic nitrogens is 2. The molecule has 1 N–H and O–H groups in total. The van der Waals surface area contributed by atoms with E-state index < -0.39 is 5.82 Å². The molecule has 0 aliphatic carbocycles. The van der Waals surface area contributed by atoms with Gasteiger partial charge in [-0.25, -0.2) is 4.39 Å². The second-order valence-corrected chi connectivity index (χ2v) is 10.9. The Morgan fingerprint density at radius 1 is 1.11 bits per heavy atom. The van der Waals surface area contributed by atoms with Crippen LogP contribution in [0.2, 0.25) is 0 Å². The fourth-order valence-corrected chi connectivity index (χ4v) is 5.64. The van der Waals surface area contributed by atoms with Gasteiger partial charge in [0.05, 0.1) is 39.7 Å². The van der Waals surface area contributed by atoms with Crippen molar-refractivity contribution < 1.29 is 9.13 Å². The van der Waals surface area contributed by atoms with Crippen LogP contribution in [0.15, 0.2) is 29.1 Å². The minimum atomic E-state index is -0.621. The maximum atomic E-state index is 16.5. The lowest BCUT2D eigenvalue weighted by Crippen LogP contribution is -2.55. The minimum absolute atomic E-state index is 0.0288. The van der Waals surface area contributed by atoms with Crippen LogP contribution < -0.4 is 15.1 Å². The number of likely N-dealkylation sites (N-methyl/N-ethyl adjacent to an activating group) is 1. The van der Waals surface area contributed by atoms with E-state index in [-0.39, 0.29) is 40.8 Å². The first-order valence-electron chi connectivity index (χ1n) is 12.9. The smallest absolute Gasteiger partial charge is 0.202 e. The Morgan fingerprint density at radius 2 is 1.78 bits per heavy atom. The lowest BCUT2D eigenvalue weighted by atomic mass is 10.0. The van der Waals surface area contributed by atoms with Gasteiger partial charge in [-0.2, -0.15) is 5.26 Å². The maximum absolute atomic E-state index is 16.5. The molecule has 0 spiro atoms. The van der Waals surface area contributed by atoms with Crippen molar-refractivity contribution in [2.75, 3.05) is 25.0 Å². The van der Waals surface area contributed by atoms with Gasteiger partial charge in [0.25, 0.3) is 0 Å². The predicted molar refractivity (Wildman–Crippen MR) is 147 cm³/mol. The zero-order chi connectivity index (χ0) is 26.8. The summed E-state index contributed by atoms with van der Waals surface area (Å²) in [4.78, 5) is 21.8. The summed E-state index contributed by atoms with van der Waals surface area (Å²) in [5.41, 5.74) is 2.61. The molecule has 2 aromatic heterocycles. The van der Waals surface area contributed by atoms with Crippen molar-refractivity contribution >= 4 is 38.5 Å². The van der Waals surface area contributed by atoms with Crippen LogP contribution in [0.25, 0.3) is 32.8 Å². The Bertz CT molecular complexity index is 1620. The molecule has 1 aliphatic rings. The number of fused-ring (bicyclic) bond motifs is 4. The van der Waals surface area contributed by atoms with Crippen LogP contribution in [-0.2, 0) is 0 Å². The third-order valence-corrected chi connectivity index (χ3v) is 7.61. The number of rotatable bonds is 4. The summed E-state index contributed by atoms with van der Waals surface area (Å²) in [6.45, 7) is 13.5. The molecule has 0 radical (unpaired) electrons. The molecule has 0 amide bonds. The molecule has 0 saturated carbocycles. The number of nitrogens with one attached hydrogen (secondary N) is 1. The first kappa shape index (κ1) is 25.1. The first-order chi connectivity index (χ1) is 17.5. The largest absolute Gasteiger partial charge is 0.486 e. The highest BCUT2D eigenvalue weighted by atomic mass is 19.1. The number of ether oxygens (including phenoxy) is 1. The van der Waals surface area contributed by atoms with Gasteiger partial charge in [0, 0.05) is 42.1 Å². The predicted octanol–water partition coefficient (Wildman–Crippen LogP) is 5.54. The molecule has 37 heavy (non-hydrogen) atoms. The SMILES string of the molecule is CC(C)Oc1c(N2C[C@@H](C)N(C)[C@@H](C)C2)cc2c(c1F)c(=O)c1c3ccc(C#N)cc3[nH]c1n2C(C)C. The number of hydrogen-bond donors (Lipinski definition) is 1. The van der Waals surface area contributed by atoms with E-state index in [1.165, 1.54) is 0 Å². The van der Waals surface area contributed by atoms with Gasteiger partial charge in [0.15, 0.2) is 11.6 Å². The highest BCUT2D eigenvalue weighted by Crippen LogP contribution is 2.40. The second kappa shape index (κ2) is 9.07. The fraction of sp³-hybridized carbons (Fsp3) is 0.448. The Hall–Kier alpha value is -3.57. The summed E-state index contributed by atoms with van der Waals surface area (Å²) in [7, 11) is 2.11. The van der Waals surface area contributed by atoms with Gasteiger partial charge in [-0.05, 0) is 66.8 Å². The van der Waals surface area contributed by atoms with E-state index in [1.807, 2.05) is 38.3 Å². The van der Waals surface area contributed by atoms with Crippen LogP contribution in [-0.4, -0.2) is 52.8 Å². The minimum Gasteiger partial charge on any atom is -0.486 e. The molecule has 1 aliphatic heterocycles. The molecule has 194 valence electrons. The molecule has 7 nitrogen and oxygen atoms in total. The first-order valence-corrected chi connectivity index (χ1v) is 12.9. The summed E-state index contributed by atoms with van der Waals surface area (Å²) < 4.78 is 24.6. The van der Waals surface area contributed by atoms with Crippen LogP contribution in [0, 0.1) is 17.1 Å². The zero-order valence-corrected chi connectivity index (χ0v) is 22.5. The van der Waals surface area contributed by atoms with Crippen LogP contribution in [0.5, 0.6) is 5.75 Å². The van der Waals surface area contributed by atoms with Crippen LogP contribution in [0.1, 0.15) is 53.1 Å². The Labute approximate surface area is 216 Å². The molecule has 1 fully saturated rings. The zero-order valence-electron chi connectivity index (χ0n) is 22.5. The van der Waals surface area contributed by atoms with Crippen molar-refractivity contribution in [3.8, 4) is 11.8 Å². The number of aromatic amines is 1. The number of nitrogens with zero attached hydrogens (tertiary/aromatic N) is 4. The molecule has 3 heterocycles. The summed E-state index contributed by atoms with van der Waals surface area (Å²) in [6.07, 6.45) is -0.262. The highest BCUT2D eigenvalue weighted by Gasteiger charge is 2.32. The van der Waals surface area contributed by atoms with Crippen LogP contribution in [0.4, 0.5) is 10.1 Å². The number of H-pyrrole nitrogens is 1. The van der Waals surface area contributed by atoms with Crippen molar-refractivity contribution in [2.45, 2.75) is 65.8 Å². The normalized spacial score (nSPS) is 19.0. The third-order valence-electron chi connectivity index (χ3n) is 7.61. The second-order valence-electron chi connectivity index (χ2n) is 10.9. The molecular weight excluding hydrogens is 469 g/mol. The van der Waals surface area contributed by atoms with Crippen LogP contribution >= 0.6 is 0 Å². The number of halogens is 1. The molecule has 5 rings (SSSR count). The van der Waals surface area contributed by atoms with Gasteiger partial charge >= 0.3 is 0 Å². The number of anilines is 1.